The number of ether oxygens (including phenoxy) is 2. The lowest BCUT2D eigenvalue weighted by Gasteiger charge is -2.21. The maximum absolute atomic E-state index is 12.7. The summed E-state index contributed by atoms with van der Waals surface area (Å²) in [6.07, 6.45) is 0. The predicted molar refractivity (Wildman–Crippen MR) is 97.5 cm³/mol. The standard InChI is InChI=1S/C19H18N4O4/c1-2-22(10-13-7-8-16-17(9-13)27-12-26-16)18(24)11-23-19(25)14-5-3-4-6-15(14)20-21-23/h3-9H,2,10-12H2,1H3. The van der Waals surface area contributed by atoms with Gasteiger partial charge in [-0.05, 0) is 36.8 Å². The van der Waals surface area contributed by atoms with E-state index in [4.69, 9.17) is 9.47 Å². The molecule has 8 nitrogen and oxygen atoms in total. The summed E-state index contributed by atoms with van der Waals surface area (Å²) < 4.78 is 11.8. The van der Waals surface area contributed by atoms with E-state index in [0.717, 1.165) is 10.2 Å². The normalized spacial score (nSPS) is 12.3. The molecule has 1 amide bonds. The van der Waals surface area contributed by atoms with E-state index in [0.29, 0.717) is 35.5 Å². The molecule has 8 heteroatoms. The zero-order valence-electron chi connectivity index (χ0n) is 14.8. The fraction of sp³-hybridized carbons (Fsp3) is 0.263. The van der Waals surface area contributed by atoms with Crippen LogP contribution in [0.1, 0.15) is 12.5 Å². The molecule has 0 atom stereocenters. The molecule has 0 bridgehead atoms. The zero-order valence-corrected chi connectivity index (χ0v) is 14.8. The van der Waals surface area contributed by atoms with Gasteiger partial charge in [-0.3, -0.25) is 9.59 Å². The highest BCUT2D eigenvalue weighted by atomic mass is 16.7. The monoisotopic (exact) mass is 366 g/mol. The van der Waals surface area contributed by atoms with Gasteiger partial charge in [-0.25, -0.2) is 4.68 Å². The lowest BCUT2D eigenvalue weighted by atomic mass is 10.2. The minimum absolute atomic E-state index is 0.158. The minimum Gasteiger partial charge on any atom is -0.454 e. The van der Waals surface area contributed by atoms with Crippen LogP contribution in [0.15, 0.2) is 47.3 Å². The molecule has 0 unspecified atom stereocenters. The summed E-state index contributed by atoms with van der Waals surface area (Å²) in [6, 6.07) is 12.5. The molecule has 0 radical (unpaired) electrons. The van der Waals surface area contributed by atoms with E-state index in [1.165, 1.54) is 0 Å². The highest BCUT2D eigenvalue weighted by Gasteiger charge is 2.18. The first-order valence-corrected chi connectivity index (χ1v) is 8.64. The first kappa shape index (κ1) is 17.0. The number of fused-ring (bicyclic) bond motifs is 2. The SMILES string of the molecule is CCN(Cc1ccc2c(c1)OCO2)C(=O)Cn1nnc2ccccc2c1=O. The van der Waals surface area contributed by atoms with E-state index in [9.17, 15) is 9.59 Å². The Morgan fingerprint density at radius 2 is 2.00 bits per heavy atom. The lowest BCUT2D eigenvalue weighted by molar-refractivity contribution is -0.132. The Morgan fingerprint density at radius 3 is 2.85 bits per heavy atom. The van der Waals surface area contributed by atoms with Crippen LogP contribution in [-0.2, 0) is 17.9 Å². The number of aromatic nitrogens is 3. The van der Waals surface area contributed by atoms with Crippen LogP contribution in [0.5, 0.6) is 11.5 Å². The number of hydrogen-bond donors (Lipinski definition) is 0. The summed E-state index contributed by atoms with van der Waals surface area (Å²) in [6.45, 7) is 2.85. The van der Waals surface area contributed by atoms with E-state index < -0.39 is 0 Å². The van der Waals surface area contributed by atoms with Crippen LogP contribution in [0, 0.1) is 0 Å². The molecule has 27 heavy (non-hydrogen) atoms. The molecule has 0 saturated carbocycles. The van der Waals surface area contributed by atoms with Crippen molar-refractivity contribution in [3.05, 3.63) is 58.4 Å². The van der Waals surface area contributed by atoms with Gasteiger partial charge in [0.05, 0.1) is 5.39 Å². The molecule has 1 aliphatic rings. The largest absolute Gasteiger partial charge is 0.454 e. The molecule has 0 saturated heterocycles. The number of hydrogen-bond acceptors (Lipinski definition) is 6. The summed E-state index contributed by atoms with van der Waals surface area (Å²) in [7, 11) is 0. The van der Waals surface area contributed by atoms with E-state index in [1.54, 1.807) is 29.2 Å². The molecule has 0 aliphatic carbocycles. The van der Waals surface area contributed by atoms with Gasteiger partial charge in [0.25, 0.3) is 5.56 Å². The molecule has 0 N–H and O–H groups in total. The summed E-state index contributed by atoms with van der Waals surface area (Å²) >= 11 is 0. The molecule has 1 aromatic heterocycles. The van der Waals surface area contributed by atoms with Crippen LogP contribution in [0.4, 0.5) is 0 Å². The van der Waals surface area contributed by atoms with Crippen molar-refractivity contribution in [2.75, 3.05) is 13.3 Å². The van der Waals surface area contributed by atoms with E-state index >= 15 is 0 Å². The third-order valence-corrected chi connectivity index (χ3v) is 4.46. The van der Waals surface area contributed by atoms with Crippen molar-refractivity contribution in [3.63, 3.8) is 0 Å². The highest BCUT2D eigenvalue weighted by molar-refractivity contribution is 5.78. The predicted octanol–water partition coefficient (Wildman–Crippen LogP) is 1.57. The number of rotatable bonds is 5. The van der Waals surface area contributed by atoms with Crippen LogP contribution in [0.3, 0.4) is 0 Å². The van der Waals surface area contributed by atoms with Crippen molar-refractivity contribution in [2.45, 2.75) is 20.0 Å². The number of carbonyl (C=O) groups is 1. The van der Waals surface area contributed by atoms with Crippen molar-refractivity contribution >= 4 is 16.8 Å². The van der Waals surface area contributed by atoms with Gasteiger partial charge in [-0.1, -0.05) is 23.4 Å². The van der Waals surface area contributed by atoms with Gasteiger partial charge in [0.2, 0.25) is 12.7 Å². The molecule has 1 aliphatic heterocycles. The molecular formula is C19H18N4O4. The summed E-state index contributed by atoms with van der Waals surface area (Å²) in [5.74, 6) is 1.17. The highest BCUT2D eigenvalue weighted by Crippen LogP contribution is 2.32. The van der Waals surface area contributed by atoms with Crippen LogP contribution in [-0.4, -0.2) is 39.1 Å². The van der Waals surface area contributed by atoms with Gasteiger partial charge in [-0.2, -0.15) is 0 Å². The number of likely N-dealkylation sites (N-methyl/N-ethyl adjacent to an activating group) is 1. The zero-order chi connectivity index (χ0) is 18.8. The van der Waals surface area contributed by atoms with Gasteiger partial charge in [-0.15, -0.1) is 5.10 Å². The summed E-state index contributed by atoms with van der Waals surface area (Å²) in [5, 5.41) is 8.35. The van der Waals surface area contributed by atoms with Crippen LogP contribution in [0.2, 0.25) is 0 Å². The van der Waals surface area contributed by atoms with Crippen LogP contribution < -0.4 is 15.0 Å². The number of amides is 1. The molecule has 138 valence electrons. The van der Waals surface area contributed by atoms with Gasteiger partial charge < -0.3 is 14.4 Å². The second kappa shape index (κ2) is 7.06. The first-order valence-electron chi connectivity index (χ1n) is 8.64. The Balaban J connectivity index is 1.52. The first-order chi connectivity index (χ1) is 13.2. The second-order valence-corrected chi connectivity index (χ2v) is 6.16. The molecule has 3 aromatic rings. The average Bonchev–Trinajstić information content (AvgIpc) is 3.16. The third kappa shape index (κ3) is 3.33. The maximum Gasteiger partial charge on any atom is 0.278 e. The van der Waals surface area contributed by atoms with Crippen molar-refractivity contribution in [1.82, 2.24) is 19.9 Å². The Kier molecular flexibility index (Phi) is 4.45. The lowest BCUT2D eigenvalue weighted by Crippen LogP contribution is -2.37. The fourth-order valence-electron chi connectivity index (χ4n) is 2.99. The van der Waals surface area contributed by atoms with Crippen molar-refractivity contribution in [1.29, 1.82) is 0 Å². The summed E-state index contributed by atoms with van der Waals surface area (Å²) in [4.78, 5) is 26.9. The van der Waals surface area contributed by atoms with E-state index in [1.807, 2.05) is 25.1 Å². The minimum atomic E-state index is -0.326. The third-order valence-electron chi connectivity index (χ3n) is 4.46. The molecule has 0 spiro atoms. The van der Waals surface area contributed by atoms with Crippen molar-refractivity contribution < 1.29 is 14.3 Å². The molecule has 2 heterocycles. The van der Waals surface area contributed by atoms with Crippen LogP contribution >= 0.6 is 0 Å². The fourth-order valence-corrected chi connectivity index (χ4v) is 2.99. The van der Waals surface area contributed by atoms with Gasteiger partial charge >= 0.3 is 0 Å². The van der Waals surface area contributed by atoms with Crippen molar-refractivity contribution in [2.24, 2.45) is 0 Å². The second-order valence-electron chi connectivity index (χ2n) is 6.16. The average molecular weight is 366 g/mol. The molecule has 4 rings (SSSR count). The van der Waals surface area contributed by atoms with Crippen molar-refractivity contribution in [3.8, 4) is 11.5 Å². The van der Waals surface area contributed by atoms with Gasteiger partial charge in [0.1, 0.15) is 12.1 Å². The molecule has 0 fully saturated rings. The van der Waals surface area contributed by atoms with Gasteiger partial charge in [0, 0.05) is 13.1 Å². The smallest absolute Gasteiger partial charge is 0.278 e. The topological polar surface area (TPSA) is 86.6 Å². The Labute approximate surface area is 154 Å². The van der Waals surface area contributed by atoms with Crippen LogP contribution in [0.25, 0.3) is 10.9 Å². The number of benzene rings is 2. The number of nitrogens with zero attached hydrogens (tertiary/aromatic N) is 4. The molecule has 2 aromatic carbocycles. The molecular weight excluding hydrogens is 348 g/mol. The summed E-state index contributed by atoms with van der Waals surface area (Å²) in [5.41, 5.74) is 1.11. The Hall–Kier alpha value is -3.42. The van der Waals surface area contributed by atoms with E-state index in [2.05, 4.69) is 10.3 Å². The Morgan fingerprint density at radius 1 is 1.19 bits per heavy atom. The van der Waals surface area contributed by atoms with Gasteiger partial charge in [0.15, 0.2) is 11.5 Å². The van der Waals surface area contributed by atoms with E-state index in [-0.39, 0.29) is 24.8 Å². The number of carbonyl (C=O) groups excluding carboxylic acids is 1. The Bertz CT molecular complexity index is 1060. The maximum atomic E-state index is 12.7. The quantitative estimate of drug-likeness (QED) is 0.681.